The number of rotatable bonds is 2. The molecule has 1 aromatic carbocycles. The van der Waals surface area contributed by atoms with Crippen molar-refractivity contribution < 1.29 is 14.6 Å². The molecule has 3 heteroatoms. The van der Waals surface area contributed by atoms with Gasteiger partial charge in [0.1, 0.15) is 12.2 Å². The molecule has 1 aliphatic heterocycles. The van der Waals surface area contributed by atoms with Gasteiger partial charge in [-0.2, -0.15) is 0 Å². The quantitative estimate of drug-likeness (QED) is 0.748. The van der Waals surface area contributed by atoms with Crippen molar-refractivity contribution in [3.05, 3.63) is 48.6 Å². The van der Waals surface area contributed by atoms with E-state index in [9.17, 15) is 5.11 Å². The smallest absolute Gasteiger partial charge is 0.184 e. The van der Waals surface area contributed by atoms with E-state index in [2.05, 4.69) is 6.58 Å². The second-order valence-electron chi connectivity index (χ2n) is 3.48. The van der Waals surface area contributed by atoms with Crippen LogP contribution in [0.5, 0.6) is 0 Å². The molecule has 1 saturated heterocycles. The highest BCUT2D eigenvalue weighted by molar-refractivity contribution is 5.16. The summed E-state index contributed by atoms with van der Waals surface area (Å²) in [5.41, 5.74) is 0.955. The first-order valence-corrected chi connectivity index (χ1v) is 4.94. The summed E-state index contributed by atoms with van der Waals surface area (Å²) < 4.78 is 10.9. The molecule has 1 N–H and O–H groups in total. The maximum atomic E-state index is 9.51. The highest BCUT2D eigenvalue weighted by Crippen LogP contribution is 2.26. The van der Waals surface area contributed by atoms with Crippen LogP contribution < -0.4 is 0 Å². The van der Waals surface area contributed by atoms with Gasteiger partial charge in [0.05, 0.1) is 6.61 Å². The standard InChI is InChI=1S/C12H14O3/c1-2-11-10(13)8-14-12(15-11)9-6-4-3-5-7-9/h2-7,10-13H,1,8H2/t10-,11-,12-/m1/s1. The van der Waals surface area contributed by atoms with Crippen LogP contribution in [0.3, 0.4) is 0 Å². The molecule has 0 saturated carbocycles. The van der Waals surface area contributed by atoms with Gasteiger partial charge in [-0.3, -0.25) is 0 Å². The van der Waals surface area contributed by atoms with E-state index in [1.807, 2.05) is 30.3 Å². The summed E-state index contributed by atoms with van der Waals surface area (Å²) in [4.78, 5) is 0. The van der Waals surface area contributed by atoms with Crippen LogP contribution in [-0.4, -0.2) is 23.9 Å². The SMILES string of the molecule is C=C[C@H]1O[C@H](c2ccccc2)OC[C@H]1O. The van der Waals surface area contributed by atoms with Crippen LogP contribution in [0.1, 0.15) is 11.9 Å². The normalized spacial score (nSPS) is 31.1. The third-order valence-electron chi connectivity index (χ3n) is 2.38. The van der Waals surface area contributed by atoms with Gasteiger partial charge in [-0.15, -0.1) is 6.58 Å². The Balaban J connectivity index is 2.09. The molecule has 0 aliphatic carbocycles. The fourth-order valence-corrected chi connectivity index (χ4v) is 1.55. The predicted octanol–water partition coefficient (Wildman–Crippen LogP) is 1.65. The van der Waals surface area contributed by atoms with Crippen LogP contribution in [0.4, 0.5) is 0 Å². The monoisotopic (exact) mass is 206 g/mol. The Bertz CT molecular complexity index is 323. The Hall–Kier alpha value is -1.16. The van der Waals surface area contributed by atoms with Gasteiger partial charge in [-0.05, 0) is 0 Å². The minimum atomic E-state index is -0.623. The summed E-state index contributed by atoms with van der Waals surface area (Å²) in [6.45, 7) is 3.90. The molecule has 0 bridgehead atoms. The van der Waals surface area contributed by atoms with Crippen molar-refractivity contribution in [2.75, 3.05) is 6.61 Å². The average molecular weight is 206 g/mol. The molecule has 0 unspecified atom stereocenters. The summed E-state index contributed by atoms with van der Waals surface area (Å²) in [5.74, 6) is 0. The molecular weight excluding hydrogens is 192 g/mol. The van der Waals surface area contributed by atoms with Crippen LogP contribution in [0, 0.1) is 0 Å². The lowest BCUT2D eigenvalue weighted by molar-refractivity contribution is -0.243. The third-order valence-corrected chi connectivity index (χ3v) is 2.38. The molecule has 2 rings (SSSR count). The third kappa shape index (κ3) is 2.26. The fourth-order valence-electron chi connectivity index (χ4n) is 1.55. The first kappa shape index (κ1) is 10.4. The molecule has 1 aromatic rings. The summed E-state index contributed by atoms with van der Waals surface area (Å²) in [7, 11) is 0. The molecule has 0 spiro atoms. The number of hydrogen-bond acceptors (Lipinski definition) is 3. The maximum absolute atomic E-state index is 9.51. The first-order valence-electron chi connectivity index (χ1n) is 4.94. The number of benzene rings is 1. The van der Waals surface area contributed by atoms with Gasteiger partial charge >= 0.3 is 0 Å². The van der Waals surface area contributed by atoms with E-state index in [1.165, 1.54) is 0 Å². The highest BCUT2D eigenvalue weighted by Gasteiger charge is 2.29. The van der Waals surface area contributed by atoms with E-state index in [0.717, 1.165) is 5.56 Å². The lowest BCUT2D eigenvalue weighted by Crippen LogP contribution is -2.38. The molecule has 1 aliphatic rings. The largest absolute Gasteiger partial charge is 0.388 e. The Morgan fingerprint density at radius 2 is 2.07 bits per heavy atom. The zero-order valence-electron chi connectivity index (χ0n) is 8.37. The minimum absolute atomic E-state index is 0.274. The van der Waals surface area contributed by atoms with Crippen molar-refractivity contribution in [2.45, 2.75) is 18.5 Å². The van der Waals surface area contributed by atoms with Gasteiger partial charge in [0, 0.05) is 5.56 Å². The van der Waals surface area contributed by atoms with Crippen LogP contribution in [0.2, 0.25) is 0 Å². The number of hydrogen-bond donors (Lipinski definition) is 1. The predicted molar refractivity (Wildman–Crippen MR) is 56.2 cm³/mol. The molecule has 15 heavy (non-hydrogen) atoms. The van der Waals surface area contributed by atoms with Crippen LogP contribution >= 0.6 is 0 Å². The summed E-state index contributed by atoms with van der Waals surface area (Å²) in [6, 6.07) is 9.66. The van der Waals surface area contributed by atoms with Crippen molar-refractivity contribution in [3.8, 4) is 0 Å². The van der Waals surface area contributed by atoms with Gasteiger partial charge in [-0.25, -0.2) is 0 Å². The number of ether oxygens (including phenoxy) is 2. The van der Waals surface area contributed by atoms with Gasteiger partial charge in [0.25, 0.3) is 0 Å². The molecular formula is C12H14O3. The van der Waals surface area contributed by atoms with Crippen molar-refractivity contribution in [3.63, 3.8) is 0 Å². The highest BCUT2D eigenvalue weighted by atomic mass is 16.7. The Morgan fingerprint density at radius 3 is 2.73 bits per heavy atom. The maximum Gasteiger partial charge on any atom is 0.184 e. The number of aliphatic hydroxyl groups is 1. The summed E-state index contributed by atoms with van der Waals surface area (Å²) in [6.07, 6.45) is 0.215. The Morgan fingerprint density at radius 1 is 1.33 bits per heavy atom. The molecule has 0 amide bonds. The van der Waals surface area contributed by atoms with Crippen molar-refractivity contribution in [1.29, 1.82) is 0 Å². The van der Waals surface area contributed by atoms with E-state index in [0.29, 0.717) is 0 Å². The van der Waals surface area contributed by atoms with Crippen molar-refractivity contribution in [1.82, 2.24) is 0 Å². The minimum Gasteiger partial charge on any atom is -0.388 e. The molecule has 0 aromatic heterocycles. The summed E-state index contributed by atoms with van der Waals surface area (Å²) >= 11 is 0. The van der Waals surface area contributed by atoms with E-state index >= 15 is 0 Å². The first-order chi connectivity index (χ1) is 7.31. The van der Waals surface area contributed by atoms with E-state index < -0.39 is 12.4 Å². The zero-order chi connectivity index (χ0) is 10.7. The lowest BCUT2D eigenvalue weighted by atomic mass is 10.1. The van der Waals surface area contributed by atoms with E-state index in [-0.39, 0.29) is 12.7 Å². The topological polar surface area (TPSA) is 38.7 Å². The number of aliphatic hydroxyl groups excluding tert-OH is 1. The second kappa shape index (κ2) is 4.57. The van der Waals surface area contributed by atoms with Crippen LogP contribution in [0.25, 0.3) is 0 Å². The van der Waals surface area contributed by atoms with Gasteiger partial charge in [0.15, 0.2) is 6.29 Å². The molecule has 3 nitrogen and oxygen atoms in total. The molecule has 1 fully saturated rings. The van der Waals surface area contributed by atoms with Crippen molar-refractivity contribution >= 4 is 0 Å². The average Bonchev–Trinajstić information content (AvgIpc) is 2.31. The molecule has 80 valence electrons. The Kier molecular flexibility index (Phi) is 3.16. The molecule has 1 heterocycles. The van der Waals surface area contributed by atoms with Gasteiger partial charge in [-0.1, -0.05) is 36.4 Å². The van der Waals surface area contributed by atoms with Gasteiger partial charge in [0.2, 0.25) is 0 Å². The Labute approximate surface area is 88.9 Å². The van der Waals surface area contributed by atoms with Crippen LogP contribution in [0.15, 0.2) is 43.0 Å². The molecule has 0 radical (unpaired) electrons. The van der Waals surface area contributed by atoms with E-state index in [4.69, 9.17) is 9.47 Å². The second-order valence-corrected chi connectivity index (χ2v) is 3.48. The fraction of sp³-hybridized carbons (Fsp3) is 0.333. The lowest BCUT2D eigenvalue weighted by Gasteiger charge is -2.32. The van der Waals surface area contributed by atoms with E-state index in [1.54, 1.807) is 6.08 Å². The van der Waals surface area contributed by atoms with Crippen LogP contribution in [-0.2, 0) is 9.47 Å². The zero-order valence-corrected chi connectivity index (χ0v) is 8.37. The molecule has 3 atom stereocenters. The van der Waals surface area contributed by atoms with Crippen molar-refractivity contribution in [2.24, 2.45) is 0 Å². The summed E-state index contributed by atoms with van der Waals surface area (Å²) in [5, 5.41) is 9.51. The van der Waals surface area contributed by atoms with Gasteiger partial charge < -0.3 is 14.6 Å².